The molecule has 2 aromatic rings. The molecule has 2 rings (SSSR count). The number of phenols is 1. The van der Waals surface area contributed by atoms with Crippen LogP contribution < -0.4 is 0 Å². The average Bonchev–Trinajstić information content (AvgIpc) is 2.31. The second-order valence-corrected chi connectivity index (χ2v) is 4.81. The maximum atomic E-state index is 9.39. The van der Waals surface area contributed by atoms with Crippen LogP contribution in [0.4, 0.5) is 0 Å². The van der Waals surface area contributed by atoms with Crippen molar-refractivity contribution in [3.63, 3.8) is 0 Å². The normalized spacial score (nSPS) is 10.9. The fourth-order valence-electron chi connectivity index (χ4n) is 1.59. The summed E-state index contributed by atoms with van der Waals surface area (Å²) in [5.41, 5.74) is 3.48. The van der Waals surface area contributed by atoms with E-state index in [-0.39, 0.29) is 5.75 Å². The largest absolute Gasteiger partial charge is 0.507 e. The average molecular weight is 289 g/mol. The van der Waals surface area contributed by atoms with Gasteiger partial charge < -0.3 is 5.11 Å². The molecule has 0 aliphatic carbocycles. The first-order valence-corrected chi connectivity index (χ1v) is 6.18. The van der Waals surface area contributed by atoms with Gasteiger partial charge in [-0.15, -0.1) is 0 Å². The van der Waals surface area contributed by atoms with Crippen molar-refractivity contribution in [3.8, 4) is 5.75 Å². The Bertz CT molecular complexity index is 559. The second-order valence-electron chi connectivity index (χ2n) is 3.96. The van der Waals surface area contributed by atoms with Gasteiger partial charge in [0.25, 0.3) is 0 Å². The van der Waals surface area contributed by atoms with E-state index in [1.54, 1.807) is 6.07 Å². The van der Waals surface area contributed by atoms with Crippen molar-refractivity contribution >= 4 is 28.1 Å². The number of hydrogen-bond acceptors (Lipinski definition) is 1. The SMILES string of the molecule is Cc1cccc(/C=C/c2ccc(O)c(Br)c2)c1. The smallest absolute Gasteiger partial charge is 0.129 e. The highest BCUT2D eigenvalue weighted by Crippen LogP contribution is 2.25. The van der Waals surface area contributed by atoms with Gasteiger partial charge in [0, 0.05) is 0 Å². The summed E-state index contributed by atoms with van der Waals surface area (Å²) in [5, 5.41) is 9.39. The molecule has 17 heavy (non-hydrogen) atoms. The molecule has 0 aromatic heterocycles. The third kappa shape index (κ3) is 3.21. The molecule has 0 spiro atoms. The zero-order chi connectivity index (χ0) is 12.3. The van der Waals surface area contributed by atoms with Gasteiger partial charge in [-0.05, 0) is 46.1 Å². The third-order valence-electron chi connectivity index (χ3n) is 2.48. The van der Waals surface area contributed by atoms with E-state index in [0.29, 0.717) is 4.47 Å². The Kier molecular flexibility index (Phi) is 3.64. The van der Waals surface area contributed by atoms with Crippen molar-refractivity contribution in [2.75, 3.05) is 0 Å². The molecule has 0 aliphatic rings. The van der Waals surface area contributed by atoms with Crippen molar-refractivity contribution in [2.24, 2.45) is 0 Å². The van der Waals surface area contributed by atoms with Gasteiger partial charge >= 0.3 is 0 Å². The van der Waals surface area contributed by atoms with Crippen LogP contribution in [0.1, 0.15) is 16.7 Å². The maximum absolute atomic E-state index is 9.39. The van der Waals surface area contributed by atoms with Crippen molar-refractivity contribution in [2.45, 2.75) is 6.92 Å². The van der Waals surface area contributed by atoms with E-state index >= 15 is 0 Å². The van der Waals surface area contributed by atoms with Crippen LogP contribution in [0.15, 0.2) is 46.9 Å². The molecule has 2 aromatic carbocycles. The molecular weight excluding hydrogens is 276 g/mol. The van der Waals surface area contributed by atoms with Gasteiger partial charge in [0.2, 0.25) is 0 Å². The Hall–Kier alpha value is -1.54. The number of hydrogen-bond donors (Lipinski definition) is 1. The summed E-state index contributed by atoms with van der Waals surface area (Å²) < 4.78 is 0.712. The lowest BCUT2D eigenvalue weighted by molar-refractivity contribution is 0.472. The zero-order valence-electron chi connectivity index (χ0n) is 9.52. The lowest BCUT2D eigenvalue weighted by atomic mass is 10.1. The minimum Gasteiger partial charge on any atom is -0.507 e. The molecular formula is C15H13BrO. The van der Waals surface area contributed by atoms with E-state index in [9.17, 15) is 5.11 Å². The van der Waals surface area contributed by atoms with Crippen LogP contribution in [-0.2, 0) is 0 Å². The van der Waals surface area contributed by atoms with E-state index in [1.807, 2.05) is 24.3 Å². The summed E-state index contributed by atoms with van der Waals surface area (Å²) in [6.07, 6.45) is 4.09. The number of benzene rings is 2. The van der Waals surface area contributed by atoms with Gasteiger partial charge in [0.15, 0.2) is 0 Å². The number of aryl methyl sites for hydroxylation is 1. The number of rotatable bonds is 2. The van der Waals surface area contributed by atoms with E-state index in [2.05, 4.69) is 47.1 Å². The van der Waals surface area contributed by atoms with Gasteiger partial charge in [0.1, 0.15) is 5.75 Å². The Balaban J connectivity index is 2.23. The molecule has 0 bridgehead atoms. The molecule has 0 aliphatic heterocycles. The molecule has 1 nitrogen and oxygen atoms in total. The molecule has 0 atom stereocenters. The molecule has 0 fully saturated rings. The highest BCUT2D eigenvalue weighted by molar-refractivity contribution is 9.10. The first kappa shape index (κ1) is 11.9. The lowest BCUT2D eigenvalue weighted by Gasteiger charge is -1.99. The van der Waals surface area contributed by atoms with Crippen molar-refractivity contribution < 1.29 is 5.11 Å². The molecule has 0 amide bonds. The maximum Gasteiger partial charge on any atom is 0.129 e. The van der Waals surface area contributed by atoms with Gasteiger partial charge in [0.05, 0.1) is 4.47 Å². The second kappa shape index (κ2) is 5.19. The number of halogens is 1. The van der Waals surface area contributed by atoms with E-state index in [0.717, 1.165) is 5.56 Å². The number of aromatic hydroxyl groups is 1. The summed E-state index contributed by atoms with van der Waals surface area (Å²) >= 11 is 3.30. The first-order chi connectivity index (χ1) is 8.15. The summed E-state index contributed by atoms with van der Waals surface area (Å²) in [6.45, 7) is 2.08. The van der Waals surface area contributed by atoms with Crippen LogP contribution in [0, 0.1) is 6.92 Å². The van der Waals surface area contributed by atoms with Crippen molar-refractivity contribution in [1.29, 1.82) is 0 Å². The Morgan fingerprint density at radius 2 is 1.71 bits per heavy atom. The fraction of sp³-hybridized carbons (Fsp3) is 0.0667. The van der Waals surface area contributed by atoms with Crippen LogP contribution in [0.3, 0.4) is 0 Å². The van der Waals surface area contributed by atoms with Crippen LogP contribution in [0.2, 0.25) is 0 Å². The van der Waals surface area contributed by atoms with E-state index in [4.69, 9.17) is 0 Å². The third-order valence-corrected chi connectivity index (χ3v) is 3.12. The monoisotopic (exact) mass is 288 g/mol. The predicted octanol–water partition coefficient (Wildman–Crippen LogP) is 4.63. The predicted molar refractivity (Wildman–Crippen MR) is 75.9 cm³/mol. The molecule has 0 heterocycles. The van der Waals surface area contributed by atoms with E-state index < -0.39 is 0 Å². The highest BCUT2D eigenvalue weighted by Gasteiger charge is 1.96. The van der Waals surface area contributed by atoms with Gasteiger partial charge in [-0.2, -0.15) is 0 Å². The topological polar surface area (TPSA) is 20.2 Å². The molecule has 0 radical (unpaired) electrons. The molecule has 0 saturated heterocycles. The van der Waals surface area contributed by atoms with Crippen LogP contribution >= 0.6 is 15.9 Å². The van der Waals surface area contributed by atoms with Gasteiger partial charge in [-0.3, -0.25) is 0 Å². The van der Waals surface area contributed by atoms with Crippen LogP contribution in [-0.4, -0.2) is 5.11 Å². The fourth-order valence-corrected chi connectivity index (χ4v) is 1.99. The quantitative estimate of drug-likeness (QED) is 0.799. The lowest BCUT2D eigenvalue weighted by Crippen LogP contribution is -1.76. The molecule has 86 valence electrons. The minimum atomic E-state index is 0.262. The van der Waals surface area contributed by atoms with Gasteiger partial charge in [-0.25, -0.2) is 0 Å². The van der Waals surface area contributed by atoms with Crippen LogP contribution in [0.25, 0.3) is 12.2 Å². The molecule has 0 unspecified atom stereocenters. The summed E-state index contributed by atoms with van der Waals surface area (Å²) in [7, 11) is 0. The first-order valence-electron chi connectivity index (χ1n) is 5.38. The zero-order valence-corrected chi connectivity index (χ0v) is 11.1. The highest BCUT2D eigenvalue weighted by atomic mass is 79.9. The molecule has 1 N–H and O–H groups in total. The summed E-state index contributed by atoms with van der Waals surface area (Å²) in [5.74, 6) is 0.262. The van der Waals surface area contributed by atoms with Gasteiger partial charge in [-0.1, -0.05) is 48.0 Å². The molecule has 0 saturated carbocycles. The summed E-state index contributed by atoms with van der Waals surface area (Å²) in [6, 6.07) is 13.8. The Morgan fingerprint density at radius 3 is 2.35 bits per heavy atom. The summed E-state index contributed by atoms with van der Waals surface area (Å²) in [4.78, 5) is 0. The number of phenolic OH excluding ortho intramolecular Hbond substituents is 1. The van der Waals surface area contributed by atoms with Crippen molar-refractivity contribution in [3.05, 3.63) is 63.6 Å². The van der Waals surface area contributed by atoms with Crippen LogP contribution in [0.5, 0.6) is 5.75 Å². The minimum absolute atomic E-state index is 0.262. The molecule has 2 heteroatoms. The Labute approximate surface area is 110 Å². The van der Waals surface area contributed by atoms with E-state index in [1.165, 1.54) is 11.1 Å². The standard InChI is InChI=1S/C15H13BrO/c1-11-3-2-4-12(9-11)5-6-13-7-8-15(17)14(16)10-13/h2-10,17H,1H3/b6-5+. The van der Waals surface area contributed by atoms with Crippen molar-refractivity contribution in [1.82, 2.24) is 0 Å². The Morgan fingerprint density at radius 1 is 1.00 bits per heavy atom.